The van der Waals surface area contributed by atoms with Gasteiger partial charge in [0.1, 0.15) is 0 Å². The van der Waals surface area contributed by atoms with Crippen LogP contribution in [-0.2, 0) is 9.53 Å². The minimum absolute atomic E-state index is 0.0907. The van der Waals surface area contributed by atoms with Gasteiger partial charge in [-0.25, -0.2) is 0 Å². The van der Waals surface area contributed by atoms with Gasteiger partial charge in [-0.3, -0.25) is 9.69 Å². The van der Waals surface area contributed by atoms with Crippen LogP contribution in [0, 0.1) is 0 Å². The highest BCUT2D eigenvalue weighted by Crippen LogP contribution is 2.29. The van der Waals surface area contributed by atoms with E-state index in [-0.39, 0.29) is 5.97 Å². The van der Waals surface area contributed by atoms with E-state index in [1.165, 1.54) is 25.8 Å². The molecular formula is C12H22N2O2. The zero-order valence-electron chi connectivity index (χ0n) is 10.1. The predicted molar refractivity (Wildman–Crippen MR) is 62.3 cm³/mol. The van der Waals surface area contributed by atoms with E-state index in [1.807, 2.05) is 6.92 Å². The van der Waals surface area contributed by atoms with Gasteiger partial charge in [0.25, 0.3) is 0 Å². The van der Waals surface area contributed by atoms with Crippen LogP contribution in [0.3, 0.4) is 0 Å². The van der Waals surface area contributed by atoms with Crippen LogP contribution in [0.1, 0.15) is 32.6 Å². The lowest BCUT2D eigenvalue weighted by atomic mass is 10.2. The monoisotopic (exact) mass is 226 g/mol. The summed E-state index contributed by atoms with van der Waals surface area (Å²) in [6.07, 6.45) is 4.48. The quantitative estimate of drug-likeness (QED) is 0.679. The van der Waals surface area contributed by atoms with Gasteiger partial charge < -0.3 is 10.1 Å². The number of hydrogen-bond donors (Lipinski definition) is 1. The largest absolute Gasteiger partial charge is 0.466 e. The molecule has 1 saturated heterocycles. The first-order chi connectivity index (χ1) is 7.79. The first-order valence-corrected chi connectivity index (χ1v) is 6.42. The minimum Gasteiger partial charge on any atom is -0.466 e. The smallest absolute Gasteiger partial charge is 0.307 e. The molecule has 1 unspecified atom stereocenters. The maximum absolute atomic E-state index is 11.1. The Hall–Kier alpha value is -0.610. The second-order valence-corrected chi connectivity index (χ2v) is 4.72. The summed E-state index contributed by atoms with van der Waals surface area (Å²) in [5, 5.41) is 3.44. The normalized spacial score (nSPS) is 25.9. The molecular weight excluding hydrogens is 204 g/mol. The zero-order chi connectivity index (χ0) is 11.4. The SMILES string of the molecule is CCOC(=O)CCNC1CCN(C2CC2)C1. The lowest BCUT2D eigenvalue weighted by molar-refractivity contribution is -0.142. The summed E-state index contributed by atoms with van der Waals surface area (Å²) >= 11 is 0. The van der Waals surface area contributed by atoms with Crippen LogP contribution in [0.4, 0.5) is 0 Å². The van der Waals surface area contributed by atoms with Crippen molar-refractivity contribution >= 4 is 5.97 Å². The maximum atomic E-state index is 11.1. The Balaban J connectivity index is 1.55. The van der Waals surface area contributed by atoms with E-state index < -0.39 is 0 Å². The van der Waals surface area contributed by atoms with Crippen molar-refractivity contribution in [3.05, 3.63) is 0 Å². The van der Waals surface area contributed by atoms with Gasteiger partial charge in [-0.1, -0.05) is 0 Å². The Morgan fingerprint density at radius 3 is 2.94 bits per heavy atom. The van der Waals surface area contributed by atoms with Crippen LogP contribution in [0.5, 0.6) is 0 Å². The molecule has 0 aromatic heterocycles. The number of hydrogen-bond acceptors (Lipinski definition) is 4. The van der Waals surface area contributed by atoms with Crippen molar-refractivity contribution in [2.24, 2.45) is 0 Å². The van der Waals surface area contributed by atoms with E-state index in [0.717, 1.165) is 19.1 Å². The summed E-state index contributed by atoms with van der Waals surface area (Å²) in [6.45, 7) is 5.46. The third kappa shape index (κ3) is 3.46. The van der Waals surface area contributed by atoms with Gasteiger partial charge in [0, 0.05) is 31.7 Å². The Morgan fingerprint density at radius 2 is 2.25 bits per heavy atom. The number of likely N-dealkylation sites (tertiary alicyclic amines) is 1. The molecule has 1 atom stereocenters. The van der Waals surface area contributed by atoms with E-state index in [2.05, 4.69) is 10.2 Å². The van der Waals surface area contributed by atoms with E-state index >= 15 is 0 Å². The van der Waals surface area contributed by atoms with Crippen LogP contribution < -0.4 is 5.32 Å². The molecule has 1 aliphatic carbocycles. The van der Waals surface area contributed by atoms with Gasteiger partial charge in [-0.2, -0.15) is 0 Å². The van der Waals surface area contributed by atoms with Crippen molar-refractivity contribution in [3.8, 4) is 0 Å². The third-order valence-electron chi connectivity index (χ3n) is 3.35. The van der Waals surface area contributed by atoms with E-state index in [0.29, 0.717) is 19.1 Å². The van der Waals surface area contributed by atoms with Crippen LogP contribution in [0.25, 0.3) is 0 Å². The van der Waals surface area contributed by atoms with Crippen molar-refractivity contribution in [3.63, 3.8) is 0 Å². The lowest BCUT2D eigenvalue weighted by Gasteiger charge is -2.15. The summed E-state index contributed by atoms with van der Waals surface area (Å²) < 4.78 is 4.89. The molecule has 0 aromatic carbocycles. The van der Waals surface area contributed by atoms with Gasteiger partial charge in [-0.15, -0.1) is 0 Å². The van der Waals surface area contributed by atoms with E-state index in [4.69, 9.17) is 4.74 Å². The van der Waals surface area contributed by atoms with Crippen LogP contribution in [0.15, 0.2) is 0 Å². The topological polar surface area (TPSA) is 41.6 Å². The molecule has 0 aromatic rings. The molecule has 2 aliphatic rings. The van der Waals surface area contributed by atoms with Crippen molar-refractivity contribution < 1.29 is 9.53 Å². The number of esters is 1. The minimum atomic E-state index is -0.0907. The molecule has 0 radical (unpaired) electrons. The van der Waals surface area contributed by atoms with Gasteiger partial charge in [-0.05, 0) is 26.2 Å². The molecule has 2 fully saturated rings. The highest BCUT2D eigenvalue weighted by molar-refractivity contribution is 5.69. The molecule has 4 nitrogen and oxygen atoms in total. The van der Waals surface area contributed by atoms with E-state index in [1.54, 1.807) is 0 Å². The Kier molecular flexibility index (Phi) is 4.18. The molecule has 0 amide bonds. The Morgan fingerprint density at radius 1 is 1.44 bits per heavy atom. The number of ether oxygens (including phenoxy) is 1. The standard InChI is InChI=1S/C12H22N2O2/c1-2-16-12(15)5-7-13-10-6-8-14(9-10)11-3-4-11/h10-11,13H,2-9H2,1H3. The van der Waals surface area contributed by atoms with E-state index in [9.17, 15) is 4.79 Å². The highest BCUT2D eigenvalue weighted by atomic mass is 16.5. The summed E-state index contributed by atoms with van der Waals surface area (Å²) in [7, 11) is 0. The van der Waals surface area contributed by atoms with Crippen molar-refractivity contribution in [2.75, 3.05) is 26.2 Å². The number of nitrogens with one attached hydrogen (secondary N) is 1. The molecule has 1 saturated carbocycles. The van der Waals surface area contributed by atoms with Crippen LogP contribution in [0.2, 0.25) is 0 Å². The molecule has 2 rings (SSSR count). The van der Waals surface area contributed by atoms with Crippen LogP contribution >= 0.6 is 0 Å². The summed E-state index contributed by atoms with van der Waals surface area (Å²) in [4.78, 5) is 13.7. The molecule has 0 spiro atoms. The molecule has 92 valence electrons. The number of rotatable bonds is 6. The zero-order valence-corrected chi connectivity index (χ0v) is 10.1. The van der Waals surface area contributed by atoms with Gasteiger partial charge in [0.15, 0.2) is 0 Å². The lowest BCUT2D eigenvalue weighted by Crippen LogP contribution is -2.34. The fourth-order valence-corrected chi connectivity index (χ4v) is 2.34. The number of carbonyl (C=O) groups is 1. The number of nitrogens with zero attached hydrogens (tertiary/aromatic N) is 1. The molecule has 4 heteroatoms. The summed E-state index contributed by atoms with van der Waals surface area (Å²) in [5.74, 6) is -0.0907. The molecule has 1 heterocycles. The summed E-state index contributed by atoms with van der Waals surface area (Å²) in [6, 6.07) is 1.45. The fraction of sp³-hybridized carbons (Fsp3) is 0.917. The second-order valence-electron chi connectivity index (χ2n) is 4.72. The van der Waals surface area contributed by atoms with Gasteiger partial charge in [0.05, 0.1) is 13.0 Å². The highest BCUT2D eigenvalue weighted by Gasteiger charge is 2.33. The fourth-order valence-electron chi connectivity index (χ4n) is 2.34. The van der Waals surface area contributed by atoms with Crippen LogP contribution in [-0.4, -0.2) is 49.2 Å². The second kappa shape index (κ2) is 5.64. The Labute approximate surface area is 97.3 Å². The molecule has 1 aliphatic heterocycles. The van der Waals surface area contributed by atoms with Gasteiger partial charge >= 0.3 is 5.97 Å². The predicted octanol–water partition coefficient (Wildman–Crippen LogP) is 0.766. The number of carbonyl (C=O) groups excluding carboxylic acids is 1. The summed E-state index contributed by atoms with van der Waals surface area (Å²) in [5.41, 5.74) is 0. The molecule has 1 N–H and O–H groups in total. The molecule has 16 heavy (non-hydrogen) atoms. The van der Waals surface area contributed by atoms with Gasteiger partial charge in [0.2, 0.25) is 0 Å². The maximum Gasteiger partial charge on any atom is 0.307 e. The Bertz CT molecular complexity index is 241. The van der Waals surface area contributed by atoms with Crippen molar-refractivity contribution in [2.45, 2.75) is 44.7 Å². The average molecular weight is 226 g/mol. The van der Waals surface area contributed by atoms with Crippen molar-refractivity contribution in [1.82, 2.24) is 10.2 Å². The molecule has 0 bridgehead atoms. The first kappa shape index (κ1) is 11.9. The van der Waals surface area contributed by atoms with Crippen molar-refractivity contribution in [1.29, 1.82) is 0 Å². The average Bonchev–Trinajstić information content (AvgIpc) is 3.00. The first-order valence-electron chi connectivity index (χ1n) is 6.42. The third-order valence-corrected chi connectivity index (χ3v) is 3.35.